The molecule has 0 fully saturated rings. The van der Waals surface area contributed by atoms with Crippen LogP contribution in [0.4, 0.5) is 8.78 Å². The molecule has 0 saturated carbocycles. The van der Waals surface area contributed by atoms with Gasteiger partial charge in [0.15, 0.2) is 0 Å². The first kappa shape index (κ1) is 8.53. The predicted octanol–water partition coefficient (Wildman–Crippen LogP) is 1.77. The van der Waals surface area contributed by atoms with Gasteiger partial charge >= 0.3 is 25.9 Å². The average molecular weight is 204 g/mol. The van der Waals surface area contributed by atoms with E-state index in [2.05, 4.69) is 4.74 Å². The number of ether oxygens (including phenoxy) is 1. The highest BCUT2D eigenvalue weighted by Crippen LogP contribution is 2.10. The van der Waals surface area contributed by atoms with Crippen LogP contribution in [0.15, 0.2) is 24.2 Å². The largest absolute Gasteiger partial charge is 0.538 e. The van der Waals surface area contributed by atoms with E-state index in [9.17, 15) is 8.78 Å². The lowest BCUT2D eigenvalue weighted by atomic mass is 10.3. The molecule has 62 valence electrons. The second-order valence-corrected chi connectivity index (χ2v) is 3.89. The molecule has 0 saturated heterocycles. The molecular formula is C7H5ClF2MgO. The predicted molar refractivity (Wildman–Crippen MR) is 44.3 cm³/mol. The monoisotopic (exact) mass is 203 g/mol. The summed E-state index contributed by atoms with van der Waals surface area (Å²) in [5.74, 6) is 0.00265. The molecule has 0 radical (unpaired) electrons. The fourth-order valence-corrected chi connectivity index (χ4v) is 1.59. The quantitative estimate of drug-likeness (QED) is 0.681. The molecule has 0 aliphatic carbocycles. The van der Waals surface area contributed by atoms with Gasteiger partial charge in [0.2, 0.25) is 0 Å². The number of hydrogen-bond acceptors (Lipinski definition) is 1. The van der Waals surface area contributed by atoms with Gasteiger partial charge in [-0.2, -0.15) is 8.78 Å². The van der Waals surface area contributed by atoms with E-state index < -0.39 is 25.9 Å². The van der Waals surface area contributed by atoms with Gasteiger partial charge in [0, 0.05) is 0 Å². The summed E-state index contributed by atoms with van der Waals surface area (Å²) in [4.78, 5) is 0. The molecule has 1 aromatic carbocycles. The molecule has 0 bridgehead atoms. The number of alkyl halides is 2. The fourth-order valence-electron chi connectivity index (χ4n) is 0.702. The highest BCUT2D eigenvalue weighted by molar-refractivity contribution is 7.01. The zero-order chi connectivity index (χ0) is 9.84. The summed E-state index contributed by atoms with van der Waals surface area (Å²) in [5, 5.41) is 0. The van der Waals surface area contributed by atoms with Gasteiger partial charge in [0.1, 0.15) is 5.75 Å². The minimum absolute atomic E-state index is 0.00265. The second kappa shape index (κ2) is 4.84. The number of hydrogen-bond donors (Lipinski definition) is 0. The van der Waals surface area contributed by atoms with E-state index in [0.29, 0.717) is 0 Å². The number of rotatable bonds is 3. The molecule has 1 aromatic rings. The molecule has 0 aliphatic rings. The first-order valence-electron chi connectivity index (χ1n) is 3.74. The third-order valence-corrected chi connectivity index (χ3v) is 2.81. The SMILES string of the molecule is [2H]c1cc(OC(F)F)cc[c]1[Mg][Cl]. The molecule has 0 atom stereocenters. The Morgan fingerprint density at radius 3 is 2.75 bits per heavy atom. The van der Waals surface area contributed by atoms with Crippen LogP contribution in [0.2, 0.25) is 0 Å². The second-order valence-electron chi connectivity index (χ2n) is 2.06. The van der Waals surface area contributed by atoms with Gasteiger partial charge in [-0.25, -0.2) is 0 Å². The van der Waals surface area contributed by atoms with Crippen molar-refractivity contribution in [2.24, 2.45) is 0 Å². The van der Waals surface area contributed by atoms with Crippen molar-refractivity contribution < 1.29 is 14.9 Å². The van der Waals surface area contributed by atoms with Crippen molar-refractivity contribution >= 4 is 32.0 Å². The highest BCUT2D eigenvalue weighted by atomic mass is 35.5. The van der Waals surface area contributed by atoms with E-state index >= 15 is 0 Å². The van der Waals surface area contributed by atoms with Crippen LogP contribution in [0.1, 0.15) is 1.37 Å². The molecule has 0 aliphatic heterocycles. The van der Waals surface area contributed by atoms with Crippen molar-refractivity contribution in [3.05, 3.63) is 24.2 Å². The lowest BCUT2D eigenvalue weighted by Gasteiger charge is -2.03. The number of benzene rings is 1. The maximum absolute atomic E-state index is 11.7. The standard InChI is InChI=1S/C7H5F2O.ClH.Mg/c8-7(9)10-6-4-2-1-3-5-6;;/h2-5,7H;1H;/q;;+1/p-1/i2D;;. The Balaban J connectivity index is 2.83. The Morgan fingerprint density at radius 2 is 2.25 bits per heavy atom. The van der Waals surface area contributed by atoms with Gasteiger partial charge in [0.25, 0.3) is 0 Å². The van der Waals surface area contributed by atoms with E-state index in [1.807, 2.05) is 0 Å². The topological polar surface area (TPSA) is 9.23 Å². The van der Waals surface area contributed by atoms with E-state index in [1.165, 1.54) is 12.1 Å². The minimum Gasteiger partial charge on any atom is -0.435 e. The van der Waals surface area contributed by atoms with Crippen LogP contribution in [0.5, 0.6) is 5.75 Å². The first-order valence-corrected chi connectivity index (χ1v) is 6.08. The smallest absolute Gasteiger partial charge is 0.435 e. The van der Waals surface area contributed by atoms with Gasteiger partial charge < -0.3 is 13.8 Å². The normalized spacial score (nSPS) is 10.8. The van der Waals surface area contributed by atoms with Crippen LogP contribution in [-0.4, -0.2) is 25.9 Å². The van der Waals surface area contributed by atoms with Gasteiger partial charge in [-0.05, 0) is 12.1 Å². The van der Waals surface area contributed by atoms with Gasteiger partial charge in [-0.1, -0.05) is 12.1 Å². The van der Waals surface area contributed by atoms with Crippen LogP contribution >= 0.6 is 9.07 Å². The van der Waals surface area contributed by atoms with Crippen LogP contribution in [0.25, 0.3) is 0 Å². The first-order chi connectivity index (χ1) is 6.13. The summed E-state index contributed by atoms with van der Waals surface area (Å²) >= 11 is -0.939. The Kier molecular flexibility index (Phi) is 3.44. The Bertz CT molecular complexity index is 298. The van der Waals surface area contributed by atoms with Crippen molar-refractivity contribution in [1.29, 1.82) is 0 Å². The molecule has 0 amide bonds. The summed E-state index contributed by atoms with van der Waals surface area (Å²) in [5.41, 5.74) is 0. The molecular weight excluding hydrogens is 198 g/mol. The minimum atomic E-state index is -2.85. The summed E-state index contributed by atoms with van der Waals surface area (Å²) in [6.07, 6.45) is 0. The molecule has 12 heavy (non-hydrogen) atoms. The molecule has 0 heterocycles. The Morgan fingerprint density at radius 1 is 1.50 bits per heavy atom. The van der Waals surface area contributed by atoms with Crippen molar-refractivity contribution in [3.63, 3.8) is 0 Å². The lowest BCUT2D eigenvalue weighted by Crippen LogP contribution is -2.08. The molecule has 0 aromatic heterocycles. The van der Waals surface area contributed by atoms with E-state index in [4.69, 9.17) is 10.4 Å². The van der Waals surface area contributed by atoms with Gasteiger partial charge in [0.05, 0.1) is 1.37 Å². The Labute approximate surface area is 83.6 Å². The lowest BCUT2D eigenvalue weighted by molar-refractivity contribution is -0.0498. The summed E-state index contributed by atoms with van der Waals surface area (Å²) in [6.45, 7) is -2.85. The van der Waals surface area contributed by atoms with E-state index in [0.717, 1.165) is 3.69 Å². The molecule has 1 rings (SSSR count). The highest BCUT2D eigenvalue weighted by Gasteiger charge is 2.03. The van der Waals surface area contributed by atoms with Gasteiger partial charge in [-0.3, -0.25) is 0 Å². The Hall–Kier alpha value is -0.0638. The van der Waals surface area contributed by atoms with Crippen molar-refractivity contribution in [1.82, 2.24) is 0 Å². The van der Waals surface area contributed by atoms with Crippen LogP contribution in [-0.2, 0) is 0 Å². The molecule has 0 unspecified atom stereocenters. The van der Waals surface area contributed by atoms with Crippen molar-refractivity contribution in [3.8, 4) is 5.75 Å². The van der Waals surface area contributed by atoms with Crippen molar-refractivity contribution in [2.45, 2.75) is 6.61 Å². The summed E-state index contributed by atoms with van der Waals surface area (Å²) in [6, 6.07) is 4.37. The van der Waals surface area contributed by atoms with Crippen LogP contribution < -0.4 is 8.43 Å². The molecule has 1 nitrogen and oxygen atoms in total. The number of halogens is 3. The van der Waals surface area contributed by atoms with E-state index in [1.54, 1.807) is 6.07 Å². The zero-order valence-electron chi connectivity index (χ0n) is 7.06. The molecule has 0 N–H and O–H groups in total. The maximum atomic E-state index is 11.7. The third-order valence-electron chi connectivity index (χ3n) is 1.22. The zero-order valence-corrected chi connectivity index (χ0v) is 8.23. The van der Waals surface area contributed by atoms with Crippen molar-refractivity contribution in [2.75, 3.05) is 0 Å². The summed E-state index contributed by atoms with van der Waals surface area (Å²) in [7, 11) is 5.62. The van der Waals surface area contributed by atoms with E-state index in [-0.39, 0.29) is 11.8 Å². The van der Waals surface area contributed by atoms with Gasteiger partial charge in [-0.15, -0.1) is 3.69 Å². The molecule has 0 spiro atoms. The van der Waals surface area contributed by atoms with Crippen LogP contribution in [0.3, 0.4) is 0 Å². The van der Waals surface area contributed by atoms with Crippen LogP contribution in [0, 0.1) is 0 Å². The summed E-state index contributed by atoms with van der Waals surface area (Å²) < 4.78 is 35.7. The molecule has 5 heteroatoms. The maximum Gasteiger partial charge on any atom is 0.538 e. The average Bonchev–Trinajstić information content (AvgIpc) is 2.03. The third kappa shape index (κ3) is 3.12. The fraction of sp³-hybridized carbons (Fsp3) is 0.143.